The van der Waals surface area contributed by atoms with Gasteiger partial charge in [0.15, 0.2) is 0 Å². The summed E-state index contributed by atoms with van der Waals surface area (Å²) < 4.78 is 0. The number of urea groups is 1. The predicted octanol–water partition coefficient (Wildman–Crippen LogP) is 0.351. The minimum absolute atomic E-state index is 0.158. The summed E-state index contributed by atoms with van der Waals surface area (Å²) >= 11 is 0. The van der Waals surface area contributed by atoms with Gasteiger partial charge in [-0.25, -0.2) is 4.79 Å². The predicted molar refractivity (Wildman–Crippen MR) is 47.3 cm³/mol. The maximum atomic E-state index is 11.7. The van der Waals surface area contributed by atoms with E-state index in [1.165, 1.54) is 9.80 Å². The van der Waals surface area contributed by atoms with Crippen LogP contribution < -0.4 is 0 Å². The lowest BCUT2D eigenvalue weighted by molar-refractivity contribution is -0.128. The van der Waals surface area contributed by atoms with Crippen LogP contribution in [0.25, 0.3) is 0 Å². The van der Waals surface area contributed by atoms with Gasteiger partial charge in [0.25, 0.3) is 0 Å². The van der Waals surface area contributed by atoms with Gasteiger partial charge in [-0.3, -0.25) is 19.4 Å². The fourth-order valence-corrected chi connectivity index (χ4v) is 1.85. The molecule has 5 heteroatoms. The van der Waals surface area contributed by atoms with Crippen molar-refractivity contribution < 1.29 is 14.4 Å². The lowest BCUT2D eigenvalue weighted by Gasteiger charge is -2.20. The molecule has 0 saturated carbocycles. The van der Waals surface area contributed by atoms with Gasteiger partial charge in [0.1, 0.15) is 0 Å². The molecule has 2 fully saturated rings. The third-order valence-electron chi connectivity index (χ3n) is 2.61. The van der Waals surface area contributed by atoms with E-state index in [2.05, 4.69) is 0 Å². The number of hydrogen-bond acceptors (Lipinski definition) is 3. The molecular weight excluding hydrogens is 184 g/mol. The Morgan fingerprint density at radius 3 is 1.64 bits per heavy atom. The number of rotatable bonds is 0. The molecule has 2 aliphatic rings. The molecule has 0 aromatic rings. The van der Waals surface area contributed by atoms with Crippen molar-refractivity contribution in [2.45, 2.75) is 25.7 Å². The van der Waals surface area contributed by atoms with Gasteiger partial charge < -0.3 is 0 Å². The highest BCUT2D eigenvalue weighted by Gasteiger charge is 2.34. The van der Waals surface area contributed by atoms with Crippen LogP contribution in [0.15, 0.2) is 0 Å². The fraction of sp³-hybridized carbons (Fsp3) is 0.667. The molecule has 0 spiro atoms. The Morgan fingerprint density at radius 2 is 1.36 bits per heavy atom. The molecule has 5 nitrogen and oxygen atoms in total. The van der Waals surface area contributed by atoms with Crippen LogP contribution in [-0.4, -0.2) is 40.7 Å². The molecule has 76 valence electrons. The lowest BCUT2D eigenvalue weighted by atomic mass is 10.4. The van der Waals surface area contributed by atoms with Gasteiger partial charge in [-0.05, 0) is 12.8 Å². The summed E-state index contributed by atoms with van der Waals surface area (Å²) in [6.07, 6.45) is 2.28. The van der Waals surface area contributed by atoms with Crippen LogP contribution in [0.2, 0.25) is 0 Å². The number of nitrogens with zero attached hydrogens (tertiary/aromatic N) is 2. The highest BCUT2D eigenvalue weighted by molar-refractivity contribution is 6.03. The van der Waals surface area contributed by atoms with E-state index in [0.717, 1.165) is 0 Å². The van der Waals surface area contributed by atoms with Crippen molar-refractivity contribution in [2.24, 2.45) is 0 Å². The second-order valence-corrected chi connectivity index (χ2v) is 3.58. The average Bonchev–Trinajstić information content (AvgIpc) is 2.73. The van der Waals surface area contributed by atoms with Crippen molar-refractivity contribution in [3.05, 3.63) is 0 Å². The van der Waals surface area contributed by atoms with E-state index < -0.39 is 6.03 Å². The summed E-state index contributed by atoms with van der Waals surface area (Å²) in [5.74, 6) is -0.315. The third kappa shape index (κ3) is 1.38. The van der Waals surface area contributed by atoms with Crippen molar-refractivity contribution in [1.82, 2.24) is 9.80 Å². The molecule has 2 aliphatic heterocycles. The van der Waals surface area contributed by atoms with Gasteiger partial charge in [-0.2, -0.15) is 0 Å². The summed E-state index contributed by atoms with van der Waals surface area (Å²) in [4.78, 5) is 36.5. The molecule has 4 amide bonds. The van der Waals surface area contributed by atoms with Crippen LogP contribution in [0.1, 0.15) is 25.7 Å². The Bertz CT molecular complexity index is 272. The highest BCUT2D eigenvalue weighted by atomic mass is 16.2. The smallest absolute Gasteiger partial charge is 0.274 e. The lowest BCUT2D eigenvalue weighted by Crippen LogP contribution is -2.44. The number of hydrogen-bond donors (Lipinski definition) is 0. The molecule has 0 radical (unpaired) electrons. The van der Waals surface area contributed by atoms with Gasteiger partial charge in [-0.1, -0.05) is 0 Å². The molecule has 0 atom stereocenters. The van der Waals surface area contributed by atoms with E-state index in [9.17, 15) is 14.4 Å². The van der Waals surface area contributed by atoms with E-state index in [-0.39, 0.29) is 11.8 Å². The summed E-state index contributed by atoms with van der Waals surface area (Å²) in [7, 11) is 0. The molecule has 14 heavy (non-hydrogen) atoms. The number of imide groups is 2. The van der Waals surface area contributed by atoms with Crippen LogP contribution in [0.5, 0.6) is 0 Å². The summed E-state index contributed by atoms with van der Waals surface area (Å²) in [6.45, 7) is 0.920. The SMILES string of the molecule is O=C1CCCN1C(=O)N1CCCC1=O. The minimum atomic E-state index is -0.421. The number of likely N-dealkylation sites (tertiary alicyclic amines) is 2. The first kappa shape index (κ1) is 9.18. The zero-order chi connectivity index (χ0) is 10.1. The van der Waals surface area contributed by atoms with E-state index in [4.69, 9.17) is 0 Å². The highest BCUT2D eigenvalue weighted by Crippen LogP contribution is 2.17. The molecule has 0 aliphatic carbocycles. The average molecular weight is 196 g/mol. The minimum Gasteiger partial charge on any atom is -0.274 e. The van der Waals surface area contributed by atoms with Gasteiger partial charge >= 0.3 is 6.03 Å². The maximum absolute atomic E-state index is 11.7. The van der Waals surface area contributed by atoms with Crippen molar-refractivity contribution in [3.8, 4) is 0 Å². The van der Waals surface area contributed by atoms with E-state index in [1.54, 1.807) is 0 Å². The van der Waals surface area contributed by atoms with Gasteiger partial charge in [0.05, 0.1) is 0 Å². The standard InChI is InChI=1S/C9H12N2O3/c12-7-3-1-5-10(7)9(14)11-6-2-4-8(11)13/h1-6H2. The second kappa shape index (κ2) is 3.40. The third-order valence-corrected chi connectivity index (χ3v) is 2.61. The van der Waals surface area contributed by atoms with E-state index in [0.29, 0.717) is 38.8 Å². The topological polar surface area (TPSA) is 57.7 Å². The van der Waals surface area contributed by atoms with Crippen LogP contribution in [0.3, 0.4) is 0 Å². The number of amides is 4. The van der Waals surface area contributed by atoms with Crippen molar-refractivity contribution in [2.75, 3.05) is 13.1 Å². The Kier molecular flexibility index (Phi) is 2.23. The molecule has 0 aromatic heterocycles. The van der Waals surface area contributed by atoms with Crippen LogP contribution in [0, 0.1) is 0 Å². The number of carbonyl (C=O) groups excluding carboxylic acids is 3. The van der Waals surface area contributed by atoms with Crippen LogP contribution in [0.4, 0.5) is 4.79 Å². The Hall–Kier alpha value is -1.39. The van der Waals surface area contributed by atoms with Gasteiger partial charge in [-0.15, -0.1) is 0 Å². The summed E-state index contributed by atoms with van der Waals surface area (Å²) in [5.41, 5.74) is 0. The zero-order valence-corrected chi connectivity index (χ0v) is 7.86. The molecule has 0 unspecified atom stereocenters. The fourth-order valence-electron chi connectivity index (χ4n) is 1.85. The maximum Gasteiger partial charge on any atom is 0.333 e. The molecule has 0 bridgehead atoms. The summed E-state index contributed by atoms with van der Waals surface area (Å²) in [5, 5.41) is 0. The van der Waals surface area contributed by atoms with Crippen molar-refractivity contribution >= 4 is 17.8 Å². The summed E-state index contributed by atoms with van der Waals surface area (Å²) in [6, 6.07) is -0.421. The van der Waals surface area contributed by atoms with Gasteiger partial charge in [0, 0.05) is 25.9 Å². The van der Waals surface area contributed by atoms with E-state index in [1.807, 2.05) is 0 Å². The quantitative estimate of drug-likeness (QED) is 0.561. The Labute approximate surface area is 81.7 Å². The Morgan fingerprint density at radius 1 is 0.929 bits per heavy atom. The van der Waals surface area contributed by atoms with Crippen LogP contribution >= 0.6 is 0 Å². The molecule has 0 N–H and O–H groups in total. The first-order chi connectivity index (χ1) is 6.70. The largest absolute Gasteiger partial charge is 0.333 e. The first-order valence-electron chi connectivity index (χ1n) is 4.85. The molecule has 2 heterocycles. The monoisotopic (exact) mass is 196 g/mol. The number of carbonyl (C=O) groups is 3. The molecular formula is C9H12N2O3. The molecule has 0 aromatic carbocycles. The second-order valence-electron chi connectivity index (χ2n) is 3.58. The molecule has 2 rings (SSSR count). The van der Waals surface area contributed by atoms with E-state index >= 15 is 0 Å². The van der Waals surface area contributed by atoms with Gasteiger partial charge in [0.2, 0.25) is 11.8 Å². The molecule has 2 saturated heterocycles. The normalized spacial score (nSPS) is 22.3. The van der Waals surface area contributed by atoms with Crippen molar-refractivity contribution in [3.63, 3.8) is 0 Å². The zero-order valence-electron chi connectivity index (χ0n) is 7.86. The first-order valence-corrected chi connectivity index (χ1v) is 4.85. The van der Waals surface area contributed by atoms with Crippen molar-refractivity contribution in [1.29, 1.82) is 0 Å². The Balaban J connectivity index is 2.07. The van der Waals surface area contributed by atoms with Crippen LogP contribution in [-0.2, 0) is 9.59 Å².